The second kappa shape index (κ2) is 5.81. The van der Waals surface area contributed by atoms with Crippen LogP contribution < -0.4 is 11.3 Å². The molecule has 108 valence electrons. The summed E-state index contributed by atoms with van der Waals surface area (Å²) in [6, 6.07) is 7.40. The summed E-state index contributed by atoms with van der Waals surface area (Å²) in [7, 11) is 0. The summed E-state index contributed by atoms with van der Waals surface area (Å²) in [6.07, 6.45) is 2.77. The number of carbonyl (C=O) groups is 1. The summed E-state index contributed by atoms with van der Waals surface area (Å²) in [6.45, 7) is 4.80. The largest absolute Gasteiger partial charge is 0.336 e. The molecule has 1 aromatic rings. The molecule has 0 radical (unpaired) electrons. The fourth-order valence-electron chi connectivity index (χ4n) is 2.76. The van der Waals surface area contributed by atoms with E-state index in [1.165, 1.54) is 19.4 Å². The minimum atomic E-state index is 0.0737. The van der Waals surface area contributed by atoms with Crippen molar-refractivity contribution in [3.8, 4) is 0 Å². The Morgan fingerprint density at radius 2 is 1.90 bits per heavy atom. The summed E-state index contributed by atoms with van der Waals surface area (Å²) in [4.78, 5) is 16.9. The highest BCUT2D eigenvalue weighted by molar-refractivity contribution is 5.99. The van der Waals surface area contributed by atoms with Gasteiger partial charge in [0, 0.05) is 32.7 Å². The molecule has 5 heteroatoms. The van der Waals surface area contributed by atoms with Crippen LogP contribution in [-0.4, -0.2) is 48.4 Å². The van der Waals surface area contributed by atoms with Crippen molar-refractivity contribution in [3.63, 3.8) is 0 Å². The number of hydrazine groups is 1. The Kier molecular flexibility index (Phi) is 3.89. The minimum Gasteiger partial charge on any atom is -0.336 e. The Balaban J connectivity index is 1.60. The number of nitrogens with zero attached hydrogens (tertiary/aromatic N) is 2. The Morgan fingerprint density at radius 3 is 2.55 bits per heavy atom. The molecule has 2 aliphatic rings. The smallest absolute Gasteiger partial charge is 0.256 e. The first-order valence-electron chi connectivity index (χ1n) is 7.35. The SMILES string of the molecule is NNc1ccccc1C(=O)N1CCN(CC2CC2)CC1. The van der Waals surface area contributed by atoms with Crippen LogP contribution in [0.5, 0.6) is 0 Å². The van der Waals surface area contributed by atoms with Crippen molar-refractivity contribution in [1.29, 1.82) is 0 Å². The van der Waals surface area contributed by atoms with Crippen molar-refractivity contribution < 1.29 is 4.79 Å². The standard InChI is InChI=1S/C15H22N4O/c16-17-14-4-2-1-3-13(14)15(20)19-9-7-18(8-10-19)11-12-5-6-12/h1-4,12,17H,5-11,16H2. The number of benzene rings is 1. The second-order valence-electron chi connectivity index (χ2n) is 5.73. The number of piperazine rings is 1. The van der Waals surface area contributed by atoms with Gasteiger partial charge in [0.25, 0.3) is 5.91 Å². The zero-order valence-electron chi connectivity index (χ0n) is 11.7. The molecule has 1 saturated heterocycles. The molecule has 20 heavy (non-hydrogen) atoms. The van der Waals surface area contributed by atoms with E-state index in [0.29, 0.717) is 11.3 Å². The van der Waals surface area contributed by atoms with Crippen LogP contribution in [0.3, 0.4) is 0 Å². The molecule has 0 aromatic heterocycles. The molecule has 2 fully saturated rings. The first kappa shape index (κ1) is 13.4. The van der Waals surface area contributed by atoms with E-state index in [2.05, 4.69) is 10.3 Å². The van der Waals surface area contributed by atoms with Gasteiger partial charge in [-0.3, -0.25) is 15.5 Å². The third kappa shape index (κ3) is 2.94. The Morgan fingerprint density at radius 1 is 1.20 bits per heavy atom. The number of nitrogens with one attached hydrogen (secondary N) is 1. The van der Waals surface area contributed by atoms with Gasteiger partial charge in [-0.05, 0) is 30.9 Å². The van der Waals surface area contributed by atoms with Gasteiger partial charge in [0.05, 0.1) is 11.3 Å². The summed E-state index contributed by atoms with van der Waals surface area (Å²) in [5.41, 5.74) is 3.95. The summed E-state index contributed by atoms with van der Waals surface area (Å²) >= 11 is 0. The summed E-state index contributed by atoms with van der Waals surface area (Å²) in [5, 5.41) is 0. The van der Waals surface area contributed by atoms with Crippen molar-refractivity contribution in [2.75, 3.05) is 38.1 Å². The highest BCUT2D eigenvalue weighted by Crippen LogP contribution is 2.30. The number of para-hydroxylation sites is 1. The number of rotatable bonds is 4. The van der Waals surface area contributed by atoms with Crippen LogP contribution in [0.4, 0.5) is 5.69 Å². The number of nitrogen functional groups attached to an aromatic ring is 1. The molecule has 3 N–H and O–H groups in total. The molecule has 1 saturated carbocycles. The van der Waals surface area contributed by atoms with Gasteiger partial charge in [-0.2, -0.15) is 0 Å². The maximum absolute atomic E-state index is 12.5. The highest BCUT2D eigenvalue weighted by atomic mass is 16.2. The van der Waals surface area contributed by atoms with Crippen LogP contribution in [0.2, 0.25) is 0 Å². The van der Waals surface area contributed by atoms with Crippen LogP contribution in [0.1, 0.15) is 23.2 Å². The van der Waals surface area contributed by atoms with Crippen LogP contribution in [-0.2, 0) is 0 Å². The molecule has 1 heterocycles. The van der Waals surface area contributed by atoms with E-state index in [4.69, 9.17) is 5.84 Å². The quantitative estimate of drug-likeness (QED) is 0.638. The van der Waals surface area contributed by atoms with E-state index in [-0.39, 0.29) is 5.91 Å². The molecule has 1 aromatic carbocycles. The topological polar surface area (TPSA) is 61.6 Å². The van der Waals surface area contributed by atoms with E-state index in [1.807, 2.05) is 29.2 Å². The molecule has 0 atom stereocenters. The van der Waals surface area contributed by atoms with E-state index >= 15 is 0 Å². The number of anilines is 1. The first-order valence-corrected chi connectivity index (χ1v) is 7.35. The molecule has 1 aliphatic heterocycles. The van der Waals surface area contributed by atoms with Crippen molar-refractivity contribution >= 4 is 11.6 Å². The Bertz CT molecular complexity index is 479. The molecule has 0 unspecified atom stereocenters. The van der Waals surface area contributed by atoms with Gasteiger partial charge in [-0.1, -0.05) is 12.1 Å². The van der Waals surface area contributed by atoms with Gasteiger partial charge in [0.1, 0.15) is 0 Å². The molecule has 0 bridgehead atoms. The van der Waals surface area contributed by atoms with Crippen LogP contribution in [0, 0.1) is 5.92 Å². The van der Waals surface area contributed by atoms with E-state index in [0.717, 1.165) is 32.1 Å². The van der Waals surface area contributed by atoms with Gasteiger partial charge in [0.15, 0.2) is 0 Å². The van der Waals surface area contributed by atoms with Crippen LogP contribution in [0.15, 0.2) is 24.3 Å². The third-order valence-corrected chi connectivity index (χ3v) is 4.19. The molecular weight excluding hydrogens is 252 g/mol. The highest BCUT2D eigenvalue weighted by Gasteiger charge is 2.28. The average Bonchev–Trinajstić information content (AvgIpc) is 3.31. The van der Waals surface area contributed by atoms with Crippen molar-refractivity contribution in [2.45, 2.75) is 12.8 Å². The lowest BCUT2D eigenvalue weighted by Gasteiger charge is -2.35. The number of nitrogens with two attached hydrogens (primary N) is 1. The summed E-state index contributed by atoms with van der Waals surface area (Å²) in [5.74, 6) is 6.46. The Labute approximate surface area is 119 Å². The molecule has 0 spiro atoms. The monoisotopic (exact) mass is 274 g/mol. The second-order valence-corrected chi connectivity index (χ2v) is 5.73. The molecule has 3 rings (SSSR count). The van der Waals surface area contributed by atoms with Gasteiger partial charge in [0.2, 0.25) is 0 Å². The first-order chi connectivity index (χ1) is 9.78. The van der Waals surface area contributed by atoms with Crippen LogP contribution in [0.25, 0.3) is 0 Å². The third-order valence-electron chi connectivity index (χ3n) is 4.19. The maximum Gasteiger partial charge on any atom is 0.256 e. The molecule has 5 nitrogen and oxygen atoms in total. The van der Waals surface area contributed by atoms with Crippen LogP contribution >= 0.6 is 0 Å². The zero-order valence-corrected chi connectivity index (χ0v) is 11.7. The van der Waals surface area contributed by atoms with Crippen molar-refractivity contribution in [1.82, 2.24) is 9.80 Å². The molecule has 1 amide bonds. The van der Waals surface area contributed by atoms with Crippen molar-refractivity contribution in [3.05, 3.63) is 29.8 Å². The normalized spacial score (nSPS) is 19.9. The molecular formula is C15H22N4O. The number of carbonyl (C=O) groups excluding carboxylic acids is 1. The summed E-state index contributed by atoms with van der Waals surface area (Å²) < 4.78 is 0. The molecule has 1 aliphatic carbocycles. The zero-order chi connectivity index (χ0) is 13.9. The average molecular weight is 274 g/mol. The van der Waals surface area contributed by atoms with E-state index in [9.17, 15) is 4.79 Å². The Hall–Kier alpha value is -1.59. The van der Waals surface area contributed by atoms with E-state index < -0.39 is 0 Å². The lowest BCUT2D eigenvalue weighted by Crippen LogP contribution is -2.49. The van der Waals surface area contributed by atoms with Gasteiger partial charge in [-0.25, -0.2) is 0 Å². The lowest BCUT2D eigenvalue weighted by atomic mass is 10.1. The van der Waals surface area contributed by atoms with Gasteiger partial charge in [-0.15, -0.1) is 0 Å². The fraction of sp³-hybridized carbons (Fsp3) is 0.533. The number of amides is 1. The minimum absolute atomic E-state index is 0.0737. The maximum atomic E-state index is 12.5. The number of hydrogen-bond acceptors (Lipinski definition) is 4. The predicted molar refractivity (Wildman–Crippen MR) is 79.3 cm³/mol. The van der Waals surface area contributed by atoms with E-state index in [1.54, 1.807) is 0 Å². The predicted octanol–water partition coefficient (Wildman–Crippen LogP) is 1.14. The van der Waals surface area contributed by atoms with Crippen molar-refractivity contribution in [2.24, 2.45) is 11.8 Å². The lowest BCUT2D eigenvalue weighted by molar-refractivity contribution is 0.0633. The van der Waals surface area contributed by atoms with Gasteiger partial charge >= 0.3 is 0 Å². The fourth-order valence-corrected chi connectivity index (χ4v) is 2.76. The number of hydrogen-bond donors (Lipinski definition) is 2. The van der Waals surface area contributed by atoms with Gasteiger partial charge < -0.3 is 10.3 Å².